The molecular weight excluding hydrogens is 400 g/mol. The van der Waals surface area contributed by atoms with E-state index < -0.39 is 0 Å². The van der Waals surface area contributed by atoms with Crippen molar-refractivity contribution in [2.45, 2.75) is 58.2 Å². The van der Waals surface area contributed by atoms with Gasteiger partial charge in [0, 0.05) is 27.5 Å². The van der Waals surface area contributed by atoms with Crippen LogP contribution in [0, 0.1) is 0 Å². The predicted molar refractivity (Wildman–Crippen MR) is 123 cm³/mol. The molecule has 0 radical (unpaired) electrons. The summed E-state index contributed by atoms with van der Waals surface area (Å²) in [6.45, 7) is 8.51. The molecule has 2 aromatic heterocycles. The fraction of sp³-hybridized carbons (Fsp3) is 0.409. The molecule has 0 atom stereocenters. The van der Waals surface area contributed by atoms with Crippen molar-refractivity contribution in [1.82, 2.24) is 14.8 Å². The number of hydrogen-bond donors (Lipinski definition) is 1. The number of benzene rings is 1. The number of hydrogen-bond acceptors (Lipinski definition) is 5. The van der Waals surface area contributed by atoms with Crippen LogP contribution < -0.4 is 5.32 Å². The molecule has 1 amide bonds. The van der Waals surface area contributed by atoms with Crippen molar-refractivity contribution in [3.05, 3.63) is 46.2 Å². The summed E-state index contributed by atoms with van der Waals surface area (Å²) < 4.78 is 2.12. The molecule has 0 bridgehead atoms. The number of nitrogens with zero attached hydrogens (tertiary/aromatic N) is 3. The van der Waals surface area contributed by atoms with Gasteiger partial charge in [0.15, 0.2) is 11.0 Å². The molecule has 0 saturated carbocycles. The molecule has 0 aliphatic rings. The quantitative estimate of drug-likeness (QED) is 0.435. The fourth-order valence-electron chi connectivity index (χ4n) is 3.18. The third-order valence-corrected chi connectivity index (χ3v) is 6.53. The number of anilines is 1. The van der Waals surface area contributed by atoms with Gasteiger partial charge in [-0.05, 0) is 44.4 Å². The van der Waals surface area contributed by atoms with Crippen LogP contribution in [0.15, 0.2) is 40.9 Å². The predicted octanol–water partition coefficient (Wildman–Crippen LogP) is 5.83. The topological polar surface area (TPSA) is 59.8 Å². The number of aryl methyl sites for hydroxylation is 2. The first-order valence-electron chi connectivity index (χ1n) is 10.1. The van der Waals surface area contributed by atoms with Crippen molar-refractivity contribution in [3.63, 3.8) is 0 Å². The number of rotatable bonds is 9. The summed E-state index contributed by atoms with van der Waals surface area (Å²) in [5.41, 5.74) is 3.12. The van der Waals surface area contributed by atoms with E-state index in [4.69, 9.17) is 0 Å². The minimum Gasteiger partial charge on any atom is -0.325 e. The number of amides is 1. The summed E-state index contributed by atoms with van der Waals surface area (Å²) in [7, 11) is 0. The molecule has 0 aliphatic carbocycles. The fourth-order valence-corrected chi connectivity index (χ4v) is 5.02. The van der Waals surface area contributed by atoms with E-state index in [9.17, 15) is 4.79 Å². The van der Waals surface area contributed by atoms with Gasteiger partial charge in [-0.2, -0.15) is 0 Å². The zero-order valence-corrected chi connectivity index (χ0v) is 19.1. The maximum absolute atomic E-state index is 12.5. The summed E-state index contributed by atoms with van der Waals surface area (Å²) >= 11 is 3.20. The van der Waals surface area contributed by atoms with Crippen LogP contribution >= 0.6 is 23.1 Å². The van der Waals surface area contributed by atoms with E-state index in [1.165, 1.54) is 16.6 Å². The number of thioether (sulfide) groups is 1. The average Bonchev–Trinajstić information content (AvgIpc) is 3.34. The third-order valence-electron chi connectivity index (χ3n) is 4.59. The Morgan fingerprint density at radius 2 is 2.03 bits per heavy atom. The van der Waals surface area contributed by atoms with Crippen LogP contribution in [0.4, 0.5) is 5.69 Å². The first-order valence-corrected chi connectivity index (χ1v) is 11.9. The van der Waals surface area contributed by atoms with Gasteiger partial charge >= 0.3 is 0 Å². The molecule has 3 aromatic rings. The number of carbonyl (C=O) groups excluding carboxylic acids is 1. The monoisotopic (exact) mass is 428 g/mol. The van der Waals surface area contributed by atoms with E-state index in [1.54, 1.807) is 11.3 Å². The second-order valence-corrected chi connectivity index (χ2v) is 9.11. The maximum atomic E-state index is 12.5. The van der Waals surface area contributed by atoms with Gasteiger partial charge < -0.3 is 5.32 Å². The van der Waals surface area contributed by atoms with Crippen molar-refractivity contribution < 1.29 is 4.79 Å². The van der Waals surface area contributed by atoms with Gasteiger partial charge in [-0.1, -0.05) is 50.2 Å². The summed E-state index contributed by atoms with van der Waals surface area (Å²) in [4.78, 5) is 13.9. The van der Waals surface area contributed by atoms with Crippen LogP contribution in [0.25, 0.3) is 11.4 Å². The van der Waals surface area contributed by atoms with Gasteiger partial charge in [-0.25, -0.2) is 0 Å². The van der Waals surface area contributed by atoms with Gasteiger partial charge in [-0.15, -0.1) is 21.5 Å². The molecule has 1 aromatic carbocycles. The first kappa shape index (κ1) is 21.6. The molecule has 29 heavy (non-hydrogen) atoms. The number of nitrogens with one attached hydrogen (secondary N) is 1. The van der Waals surface area contributed by atoms with Crippen LogP contribution in [0.2, 0.25) is 0 Å². The number of aromatic nitrogens is 3. The molecular formula is C22H28N4OS2. The van der Waals surface area contributed by atoms with Crippen molar-refractivity contribution in [2.24, 2.45) is 0 Å². The van der Waals surface area contributed by atoms with Crippen LogP contribution in [-0.2, 0) is 17.6 Å². The highest BCUT2D eigenvalue weighted by Crippen LogP contribution is 2.31. The SMILES string of the molecule is CCCc1cc(-c2nnc(SCC(=O)Nc3ccccc3CC)n2C(C)C)cs1. The Morgan fingerprint density at radius 1 is 1.24 bits per heavy atom. The largest absolute Gasteiger partial charge is 0.325 e. The Labute approximate surface area is 180 Å². The Kier molecular flexibility index (Phi) is 7.50. The third kappa shape index (κ3) is 5.28. The molecule has 3 rings (SSSR count). The molecule has 0 saturated heterocycles. The van der Waals surface area contributed by atoms with E-state index in [1.807, 2.05) is 24.3 Å². The lowest BCUT2D eigenvalue weighted by molar-refractivity contribution is -0.113. The van der Waals surface area contributed by atoms with Gasteiger partial charge in [0.2, 0.25) is 5.91 Å². The normalized spacial score (nSPS) is 11.2. The van der Waals surface area contributed by atoms with Gasteiger partial charge in [0.25, 0.3) is 0 Å². The van der Waals surface area contributed by atoms with Crippen molar-refractivity contribution in [3.8, 4) is 11.4 Å². The number of carbonyl (C=O) groups is 1. The Bertz CT molecular complexity index is 961. The lowest BCUT2D eigenvalue weighted by atomic mass is 10.1. The molecule has 5 nitrogen and oxygen atoms in total. The lowest BCUT2D eigenvalue weighted by Gasteiger charge is -2.13. The van der Waals surface area contributed by atoms with Crippen LogP contribution in [0.1, 0.15) is 50.6 Å². The molecule has 1 N–H and O–H groups in total. The summed E-state index contributed by atoms with van der Waals surface area (Å²) in [5, 5.41) is 14.8. The Hall–Kier alpha value is -2.12. The van der Waals surface area contributed by atoms with Gasteiger partial charge in [0.05, 0.1) is 5.75 Å². The molecule has 0 spiro atoms. The number of thiophene rings is 1. The minimum absolute atomic E-state index is 0.0310. The van der Waals surface area contributed by atoms with Crippen molar-refractivity contribution >= 4 is 34.7 Å². The van der Waals surface area contributed by atoms with Gasteiger partial charge in [-0.3, -0.25) is 9.36 Å². The molecule has 0 fully saturated rings. The van der Waals surface area contributed by atoms with Crippen LogP contribution in [-0.4, -0.2) is 26.4 Å². The van der Waals surface area contributed by atoms with Crippen LogP contribution in [0.5, 0.6) is 0 Å². The maximum Gasteiger partial charge on any atom is 0.234 e. The summed E-state index contributed by atoms with van der Waals surface area (Å²) in [6.07, 6.45) is 3.10. The zero-order chi connectivity index (χ0) is 20.8. The van der Waals surface area contributed by atoms with Gasteiger partial charge in [0.1, 0.15) is 0 Å². The van der Waals surface area contributed by atoms with E-state index in [2.05, 4.69) is 59.2 Å². The Morgan fingerprint density at radius 3 is 2.76 bits per heavy atom. The highest BCUT2D eigenvalue weighted by molar-refractivity contribution is 7.99. The van der Waals surface area contributed by atoms with Crippen molar-refractivity contribution in [1.29, 1.82) is 0 Å². The second-order valence-electron chi connectivity index (χ2n) is 7.17. The van der Waals surface area contributed by atoms with Crippen LogP contribution in [0.3, 0.4) is 0 Å². The zero-order valence-electron chi connectivity index (χ0n) is 17.4. The molecule has 7 heteroatoms. The molecule has 154 valence electrons. The second kappa shape index (κ2) is 10.1. The van der Waals surface area contributed by atoms with E-state index in [-0.39, 0.29) is 11.9 Å². The smallest absolute Gasteiger partial charge is 0.234 e. The van der Waals surface area contributed by atoms with E-state index >= 15 is 0 Å². The average molecular weight is 429 g/mol. The molecule has 0 aliphatic heterocycles. The standard InChI is InChI=1S/C22H28N4OS2/c1-5-9-18-12-17(13-28-18)21-24-25-22(26(21)15(3)4)29-14-20(27)23-19-11-8-7-10-16(19)6-2/h7-8,10-13,15H,5-6,9,14H2,1-4H3,(H,23,27). The lowest BCUT2D eigenvalue weighted by Crippen LogP contribution is -2.16. The highest BCUT2D eigenvalue weighted by Gasteiger charge is 2.19. The molecule has 2 heterocycles. The van der Waals surface area contributed by atoms with Crippen molar-refractivity contribution in [2.75, 3.05) is 11.1 Å². The summed E-state index contributed by atoms with van der Waals surface area (Å²) in [5.74, 6) is 1.14. The summed E-state index contributed by atoms with van der Waals surface area (Å²) in [6, 6.07) is 10.3. The Balaban J connectivity index is 1.72. The first-order chi connectivity index (χ1) is 14.0. The van der Waals surface area contributed by atoms with E-state index in [0.29, 0.717) is 5.75 Å². The molecule has 0 unspecified atom stereocenters. The number of para-hydroxylation sites is 1. The van der Waals surface area contributed by atoms with E-state index in [0.717, 1.165) is 47.1 Å². The highest BCUT2D eigenvalue weighted by atomic mass is 32.2. The minimum atomic E-state index is -0.0310.